The van der Waals surface area contributed by atoms with Crippen LogP contribution in [-0.4, -0.2) is 20.6 Å². The minimum Gasteiger partial charge on any atom is -0.443 e. The van der Waals surface area contributed by atoms with Gasteiger partial charge < -0.3 is 4.42 Å². The van der Waals surface area contributed by atoms with E-state index in [4.69, 9.17) is 4.42 Å². The number of benzene rings is 1. The Bertz CT molecular complexity index is 1280. The van der Waals surface area contributed by atoms with E-state index in [2.05, 4.69) is 16.6 Å². The highest BCUT2D eigenvalue weighted by atomic mass is 16.6. The maximum Gasteiger partial charge on any atom is 0.301 e. The van der Waals surface area contributed by atoms with Crippen LogP contribution in [0.5, 0.6) is 0 Å². The van der Waals surface area contributed by atoms with Crippen molar-refractivity contribution in [3.8, 4) is 12.0 Å². The molecule has 0 aliphatic heterocycles. The van der Waals surface area contributed by atoms with Gasteiger partial charge in [-0.2, -0.15) is 10.4 Å². The second-order valence-electron chi connectivity index (χ2n) is 6.82. The van der Waals surface area contributed by atoms with E-state index >= 15 is 0 Å². The van der Waals surface area contributed by atoms with Crippen molar-refractivity contribution in [2.75, 3.05) is 5.43 Å². The van der Waals surface area contributed by atoms with Crippen LogP contribution in [0.2, 0.25) is 0 Å². The number of nitro benzene ring substituents is 2. The van der Waals surface area contributed by atoms with E-state index in [0.717, 1.165) is 29.1 Å². The second-order valence-corrected chi connectivity index (χ2v) is 6.82. The van der Waals surface area contributed by atoms with Gasteiger partial charge in [-0.3, -0.25) is 30.2 Å². The van der Waals surface area contributed by atoms with Gasteiger partial charge in [0.15, 0.2) is 0 Å². The third-order valence-electron chi connectivity index (χ3n) is 4.93. The lowest BCUT2D eigenvalue weighted by atomic mass is 10.2. The van der Waals surface area contributed by atoms with Gasteiger partial charge in [0.2, 0.25) is 5.88 Å². The Hall–Kier alpha value is -4.46. The van der Waals surface area contributed by atoms with Crippen molar-refractivity contribution in [3.63, 3.8) is 0 Å². The fourth-order valence-electron chi connectivity index (χ4n) is 3.18. The summed E-state index contributed by atoms with van der Waals surface area (Å²) in [5.74, 6) is 1.08. The highest BCUT2D eigenvalue weighted by Crippen LogP contribution is 2.30. The third kappa shape index (κ3) is 3.86. The molecule has 0 aliphatic rings. The molecule has 0 unspecified atom stereocenters. The van der Waals surface area contributed by atoms with E-state index in [1.165, 1.54) is 12.3 Å². The summed E-state index contributed by atoms with van der Waals surface area (Å²) in [6, 6.07) is 7.25. The number of nitrogens with one attached hydrogen (secondary N) is 1. The number of non-ortho nitro benzene ring substituents is 1. The van der Waals surface area contributed by atoms with E-state index in [0.29, 0.717) is 22.8 Å². The summed E-state index contributed by atoms with van der Waals surface area (Å²) in [5, 5.41) is 35.6. The number of aromatic nitrogens is 1. The largest absolute Gasteiger partial charge is 0.443 e. The minimum atomic E-state index is -0.721. The zero-order valence-electron chi connectivity index (χ0n) is 17.2. The van der Waals surface area contributed by atoms with Gasteiger partial charge in [-0.15, -0.1) is 0 Å². The molecule has 0 bridgehead atoms. The number of hydrazone groups is 1. The van der Waals surface area contributed by atoms with Crippen LogP contribution in [0, 0.1) is 59.3 Å². The SMILES string of the molecule is Cc1oc(-n2c(C)cc(/C=N\Nc3ccc([N+](=O)[O-])cc3[N+](=O)[O-])c2C)c(C#N)c1C. The van der Waals surface area contributed by atoms with Gasteiger partial charge in [-0.05, 0) is 39.8 Å². The number of hydrogen-bond donors (Lipinski definition) is 1. The van der Waals surface area contributed by atoms with E-state index in [1.807, 2.05) is 26.8 Å². The van der Waals surface area contributed by atoms with Crippen LogP contribution < -0.4 is 5.43 Å². The van der Waals surface area contributed by atoms with E-state index in [9.17, 15) is 25.5 Å². The smallest absolute Gasteiger partial charge is 0.301 e. The normalized spacial score (nSPS) is 10.9. The van der Waals surface area contributed by atoms with Crippen LogP contribution in [0.1, 0.15) is 33.8 Å². The summed E-state index contributed by atoms with van der Waals surface area (Å²) >= 11 is 0. The summed E-state index contributed by atoms with van der Waals surface area (Å²) < 4.78 is 7.59. The van der Waals surface area contributed by atoms with Gasteiger partial charge >= 0.3 is 5.69 Å². The van der Waals surface area contributed by atoms with Gasteiger partial charge in [0, 0.05) is 28.6 Å². The van der Waals surface area contributed by atoms with Crippen molar-refractivity contribution in [2.45, 2.75) is 27.7 Å². The molecule has 0 atom stereocenters. The lowest BCUT2D eigenvalue weighted by Crippen LogP contribution is -2.01. The number of nitriles is 1. The Morgan fingerprint density at radius 1 is 1.16 bits per heavy atom. The molecule has 1 aromatic carbocycles. The Labute approximate surface area is 176 Å². The molecule has 3 rings (SSSR count). The minimum absolute atomic E-state index is 0.0182. The second kappa shape index (κ2) is 8.11. The molecule has 31 heavy (non-hydrogen) atoms. The lowest BCUT2D eigenvalue weighted by Gasteiger charge is -2.06. The maximum atomic E-state index is 11.2. The molecule has 0 saturated heterocycles. The van der Waals surface area contributed by atoms with Crippen molar-refractivity contribution < 1.29 is 14.3 Å². The number of anilines is 1. The van der Waals surface area contributed by atoms with E-state index in [-0.39, 0.29) is 11.4 Å². The summed E-state index contributed by atoms with van der Waals surface area (Å²) in [6.07, 6.45) is 1.47. The zero-order chi connectivity index (χ0) is 22.9. The van der Waals surface area contributed by atoms with Gasteiger partial charge in [0.1, 0.15) is 23.1 Å². The van der Waals surface area contributed by atoms with Crippen LogP contribution >= 0.6 is 0 Å². The fourth-order valence-corrected chi connectivity index (χ4v) is 3.18. The van der Waals surface area contributed by atoms with E-state index < -0.39 is 15.5 Å². The first-order valence-electron chi connectivity index (χ1n) is 9.07. The van der Waals surface area contributed by atoms with Gasteiger partial charge in [0.05, 0.1) is 22.1 Å². The Balaban J connectivity index is 1.93. The fraction of sp³-hybridized carbons (Fsp3) is 0.200. The molecule has 11 heteroatoms. The number of aryl methyl sites for hydroxylation is 2. The Kier molecular flexibility index (Phi) is 5.56. The van der Waals surface area contributed by atoms with Crippen molar-refractivity contribution in [3.05, 3.63) is 78.3 Å². The number of rotatable bonds is 6. The number of furan rings is 1. The molecule has 1 N–H and O–H groups in total. The van der Waals surface area contributed by atoms with Crippen molar-refractivity contribution in [2.24, 2.45) is 5.10 Å². The summed E-state index contributed by atoms with van der Waals surface area (Å²) in [5.41, 5.74) is 5.21. The summed E-state index contributed by atoms with van der Waals surface area (Å²) in [7, 11) is 0. The molecular formula is C20H18N6O5. The Morgan fingerprint density at radius 2 is 1.87 bits per heavy atom. The molecule has 0 aliphatic carbocycles. The maximum absolute atomic E-state index is 11.2. The Morgan fingerprint density at radius 3 is 2.48 bits per heavy atom. The van der Waals surface area contributed by atoms with Crippen molar-refractivity contribution in [1.29, 1.82) is 5.26 Å². The number of nitrogens with zero attached hydrogens (tertiary/aromatic N) is 5. The molecule has 0 radical (unpaired) electrons. The lowest BCUT2D eigenvalue weighted by molar-refractivity contribution is -0.393. The number of nitro groups is 2. The average Bonchev–Trinajstić information content (AvgIpc) is 3.15. The highest BCUT2D eigenvalue weighted by Gasteiger charge is 2.21. The molecule has 0 saturated carbocycles. The number of hydrogen-bond acceptors (Lipinski definition) is 8. The monoisotopic (exact) mass is 422 g/mol. The molecule has 158 valence electrons. The molecule has 11 nitrogen and oxygen atoms in total. The third-order valence-corrected chi connectivity index (χ3v) is 4.93. The van der Waals surface area contributed by atoms with Gasteiger partial charge in [0.25, 0.3) is 5.69 Å². The topological polar surface area (TPSA) is 153 Å². The van der Waals surface area contributed by atoms with Crippen molar-refractivity contribution in [1.82, 2.24) is 4.57 Å². The molecule has 0 fully saturated rings. The molecule has 2 heterocycles. The summed E-state index contributed by atoms with van der Waals surface area (Å²) in [6.45, 7) is 7.29. The molecule has 2 aromatic heterocycles. The molecule has 0 amide bonds. The van der Waals surface area contributed by atoms with Crippen LogP contribution in [0.4, 0.5) is 17.1 Å². The predicted octanol–water partition coefficient (Wildman–Crippen LogP) is 4.44. The first-order valence-corrected chi connectivity index (χ1v) is 9.07. The van der Waals surface area contributed by atoms with Crippen LogP contribution in [0.3, 0.4) is 0 Å². The van der Waals surface area contributed by atoms with Crippen molar-refractivity contribution >= 4 is 23.3 Å². The molecule has 3 aromatic rings. The first kappa shape index (κ1) is 21.3. The summed E-state index contributed by atoms with van der Waals surface area (Å²) in [4.78, 5) is 20.6. The quantitative estimate of drug-likeness (QED) is 0.350. The van der Waals surface area contributed by atoms with E-state index in [1.54, 1.807) is 11.5 Å². The van der Waals surface area contributed by atoms with Crippen LogP contribution in [0.15, 0.2) is 33.8 Å². The van der Waals surface area contributed by atoms with Crippen LogP contribution in [0.25, 0.3) is 5.88 Å². The van der Waals surface area contributed by atoms with Gasteiger partial charge in [-0.1, -0.05) is 0 Å². The molecule has 0 spiro atoms. The molecular weight excluding hydrogens is 404 g/mol. The average molecular weight is 422 g/mol. The standard InChI is InChI=1S/C20H18N6O5/c1-11-7-15(13(3)24(11)20-17(9-21)12(2)14(4)31-20)10-22-23-18-6-5-16(25(27)28)8-19(18)26(29)30/h5-8,10,23H,1-4H3/b22-10-. The predicted molar refractivity (Wildman–Crippen MR) is 113 cm³/mol. The zero-order valence-corrected chi connectivity index (χ0v) is 17.2. The highest BCUT2D eigenvalue weighted by molar-refractivity contribution is 5.83. The first-order chi connectivity index (χ1) is 14.6. The van der Waals surface area contributed by atoms with Gasteiger partial charge in [-0.25, -0.2) is 0 Å². The van der Waals surface area contributed by atoms with Crippen LogP contribution in [-0.2, 0) is 0 Å².